The molecule has 0 fully saturated rings. The summed E-state index contributed by atoms with van der Waals surface area (Å²) in [6.45, 7) is 0. The molecule has 134 valence electrons. The van der Waals surface area contributed by atoms with Crippen LogP contribution in [0, 0.1) is 34.3 Å². The first kappa shape index (κ1) is 18.1. The van der Waals surface area contributed by atoms with E-state index in [1.807, 2.05) is 0 Å². The molecule has 3 rings (SSSR count). The first-order valence-electron chi connectivity index (χ1n) is 7.45. The minimum absolute atomic E-state index is 0.0515. The number of halogens is 2. The third-order valence-corrected chi connectivity index (χ3v) is 5.04. The molecule has 27 heavy (non-hydrogen) atoms. The Kier molecular flexibility index (Phi) is 4.63. The molecule has 0 bridgehead atoms. The summed E-state index contributed by atoms with van der Waals surface area (Å²) in [5.41, 5.74) is 0.128. The summed E-state index contributed by atoms with van der Waals surface area (Å²) in [6.07, 6.45) is 1.14. The van der Waals surface area contributed by atoms with Gasteiger partial charge in [0, 0.05) is 17.5 Å². The molecule has 0 aliphatic rings. The maximum Gasteiger partial charge on any atom is 0.263 e. The van der Waals surface area contributed by atoms with Crippen molar-refractivity contribution in [2.24, 2.45) is 0 Å². The van der Waals surface area contributed by atoms with Gasteiger partial charge in [-0.3, -0.25) is 4.72 Å². The normalized spacial score (nSPS) is 10.8. The Morgan fingerprint density at radius 3 is 2.15 bits per heavy atom. The highest BCUT2D eigenvalue weighted by molar-refractivity contribution is 7.92. The third kappa shape index (κ3) is 3.64. The van der Waals surface area contributed by atoms with Crippen molar-refractivity contribution in [1.82, 2.24) is 4.98 Å². The van der Waals surface area contributed by atoms with Crippen molar-refractivity contribution in [2.75, 3.05) is 4.72 Å². The second kappa shape index (κ2) is 6.90. The summed E-state index contributed by atoms with van der Waals surface area (Å²) in [5, 5.41) is 17.5. The van der Waals surface area contributed by atoms with Crippen molar-refractivity contribution in [3.8, 4) is 23.4 Å². The van der Waals surface area contributed by atoms with Gasteiger partial charge in [-0.1, -0.05) is 0 Å². The van der Waals surface area contributed by atoms with Gasteiger partial charge in [0.25, 0.3) is 10.0 Å². The molecule has 0 saturated heterocycles. The molecule has 0 amide bonds. The standard InChI is InChI=1S/C18H10F2N4O2S/c19-15-5-11(8-21)1-3-14(15)18-7-13(10-23-18)27(25,26)24-17-4-2-12(9-22)6-16(17)20/h1-7,10,23-24H. The maximum atomic E-state index is 14.1. The molecule has 1 heterocycles. The molecule has 0 aliphatic carbocycles. The number of nitrogens with zero attached hydrogens (tertiary/aromatic N) is 2. The minimum atomic E-state index is -4.15. The van der Waals surface area contributed by atoms with Crippen LogP contribution in [0.15, 0.2) is 53.6 Å². The van der Waals surface area contributed by atoms with Crippen molar-refractivity contribution in [3.05, 3.63) is 71.4 Å². The van der Waals surface area contributed by atoms with Crippen LogP contribution < -0.4 is 4.72 Å². The predicted molar refractivity (Wildman–Crippen MR) is 92.8 cm³/mol. The van der Waals surface area contributed by atoms with Gasteiger partial charge in [-0.05, 0) is 42.5 Å². The van der Waals surface area contributed by atoms with Crippen molar-refractivity contribution in [3.63, 3.8) is 0 Å². The molecular formula is C18H10F2N4O2S. The van der Waals surface area contributed by atoms with Gasteiger partial charge < -0.3 is 4.98 Å². The van der Waals surface area contributed by atoms with Crippen LogP contribution in [0.1, 0.15) is 11.1 Å². The Bertz CT molecular complexity index is 1220. The number of aromatic nitrogens is 1. The molecule has 3 aromatic rings. The molecule has 0 radical (unpaired) electrons. The summed E-state index contributed by atoms with van der Waals surface area (Å²) in [5.74, 6) is -1.59. The van der Waals surface area contributed by atoms with Crippen LogP contribution >= 0.6 is 0 Å². The number of hydrogen-bond acceptors (Lipinski definition) is 4. The van der Waals surface area contributed by atoms with Gasteiger partial charge in [0.05, 0.1) is 29.0 Å². The molecule has 0 spiro atoms. The summed E-state index contributed by atoms with van der Waals surface area (Å²) in [4.78, 5) is 2.41. The van der Waals surface area contributed by atoms with Crippen LogP contribution in [0.2, 0.25) is 0 Å². The van der Waals surface area contributed by atoms with Crippen LogP contribution in [0.4, 0.5) is 14.5 Å². The number of benzene rings is 2. The quantitative estimate of drug-likeness (QED) is 0.717. The number of aromatic amines is 1. The average molecular weight is 384 g/mol. The van der Waals surface area contributed by atoms with E-state index in [-0.39, 0.29) is 33.0 Å². The Hall–Kier alpha value is -3.69. The number of hydrogen-bond donors (Lipinski definition) is 2. The smallest absolute Gasteiger partial charge is 0.263 e. The number of sulfonamides is 1. The van der Waals surface area contributed by atoms with E-state index < -0.39 is 21.7 Å². The van der Waals surface area contributed by atoms with E-state index in [1.165, 1.54) is 24.3 Å². The Labute approximate surface area is 153 Å². The minimum Gasteiger partial charge on any atom is -0.360 e. The molecule has 0 saturated carbocycles. The van der Waals surface area contributed by atoms with E-state index in [1.54, 1.807) is 12.1 Å². The SMILES string of the molecule is N#Cc1ccc(NS(=O)(=O)c2c[nH]c(-c3ccc(C#N)cc3F)c2)c(F)c1. The monoisotopic (exact) mass is 384 g/mol. The van der Waals surface area contributed by atoms with Crippen molar-refractivity contribution < 1.29 is 17.2 Å². The first-order chi connectivity index (χ1) is 12.8. The summed E-state index contributed by atoms with van der Waals surface area (Å²) >= 11 is 0. The maximum absolute atomic E-state index is 14.1. The number of nitrogens with one attached hydrogen (secondary N) is 2. The van der Waals surface area contributed by atoms with Gasteiger partial charge in [-0.15, -0.1) is 0 Å². The Morgan fingerprint density at radius 2 is 1.56 bits per heavy atom. The highest BCUT2D eigenvalue weighted by Crippen LogP contribution is 2.26. The summed E-state index contributed by atoms with van der Waals surface area (Å²) in [7, 11) is -4.15. The lowest BCUT2D eigenvalue weighted by Gasteiger charge is -2.07. The Balaban J connectivity index is 1.92. The van der Waals surface area contributed by atoms with E-state index >= 15 is 0 Å². The first-order valence-corrected chi connectivity index (χ1v) is 8.93. The number of nitriles is 2. The van der Waals surface area contributed by atoms with Crippen molar-refractivity contribution in [2.45, 2.75) is 4.90 Å². The van der Waals surface area contributed by atoms with E-state index in [4.69, 9.17) is 10.5 Å². The van der Waals surface area contributed by atoms with Crippen molar-refractivity contribution in [1.29, 1.82) is 10.5 Å². The van der Waals surface area contributed by atoms with Crippen LogP contribution in [-0.4, -0.2) is 13.4 Å². The molecule has 0 atom stereocenters. The van der Waals surface area contributed by atoms with E-state index in [0.29, 0.717) is 0 Å². The predicted octanol–water partition coefficient (Wildman–Crippen LogP) is 3.50. The lowest BCUT2D eigenvalue weighted by Crippen LogP contribution is -2.13. The number of H-pyrrole nitrogens is 1. The molecule has 2 N–H and O–H groups in total. The zero-order valence-corrected chi connectivity index (χ0v) is 14.3. The van der Waals surface area contributed by atoms with E-state index in [9.17, 15) is 17.2 Å². The average Bonchev–Trinajstić information content (AvgIpc) is 3.14. The fourth-order valence-electron chi connectivity index (χ4n) is 2.36. The van der Waals surface area contributed by atoms with Crippen LogP contribution in [0.5, 0.6) is 0 Å². The molecule has 1 aromatic heterocycles. The summed E-state index contributed by atoms with van der Waals surface area (Å²) in [6, 6.07) is 11.8. The van der Waals surface area contributed by atoms with Crippen LogP contribution in [0.3, 0.4) is 0 Å². The third-order valence-electron chi connectivity index (χ3n) is 3.70. The highest BCUT2D eigenvalue weighted by atomic mass is 32.2. The van der Waals surface area contributed by atoms with E-state index in [2.05, 4.69) is 9.71 Å². The second-order valence-corrected chi connectivity index (χ2v) is 7.15. The zero-order valence-electron chi connectivity index (χ0n) is 13.5. The topological polar surface area (TPSA) is 110 Å². The van der Waals surface area contributed by atoms with Crippen LogP contribution in [-0.2, 0) is 10.0 Å². The molecule has 0 aliphatic heterocycles. The molecule has 0 unspecified atom stereocenters. The molecule has 9 heteroatoms. The van der Waals surface area contributed by atoms with Crippen LogP contribution in [0.25, 0.3) is 11.3 Å². The number of anilines is 1. The van der Waals surface area contributed by atoms with Gasteiger partial charge in [0.1, 0.15) is 16.5 Å². The lowest BCUT2D eigenvalue weighted by molar-refractivity contribution is 0.598. The second-order valence-electron chi connectivity index (χ2n) is 5.47. The fraction of sp³-hybridized carbons (Fsp3) is 0. The van der Waals surface area contributed by atoms with Gasteiger partial charge in [0.2, 0.25) is 0 Å². The largest absolute Gasteiger partial charge is 0.360 e. The lowest BCUT2D eigenvalue weighted by atomic mass is 10.1. The number of rotatable bonds is 4. The fourth-order valence-corrected chi connectivity index (χ4v) is 3.42. The van der Waals surface area contributed by atoms with Gasteiger partial charge >= 0.3 is 0 Å². The van der Waals surface area contributed by atoms with Crippen molar-refractivity contribution >= 4 is 15.7 Å². The van der Waals surface area contributed by atoms with Gasteiger partial charge in [0.15, 0.2) is 0 Å². The zero-order chi connectivity index (χ0) is 19.6. The van der Waals surface area contributed by atoms with Gasteiger partial charge in [-0.25, -0.2) is 17.2 Å². The van der Waals surface area contributed by atoms with E-state index in [0.717, 1.165) is 24.4 Å². The highest BCUT2D eigenvalue weighted by Gasteiger charge is 2.19. The summed E-state index contributed by atoms with van der Waals surface area (Å²) < 4.78 is 55.0. The Morgan fingerprint density at radius 1 is 0.926 bits per heavy atom. The molecule has 6 nitrogen and oxygen atoms in total. The molecule has 2 aromatic carbocycles. The molecular weight excluding hydrogens is 374 g/mol. The van der Waals surface area contributed by atoms with Gasteiger partial charge in [-0.2, -0.15) is 10.5 Å².